The number of alkyl halides is 3. The van der Waals surface area contributed by atoms with Gasteiger partial charge in [0.2, 0.25) is 0 Å². The Bertz CT molecular complexity index is 623. The third-order valence-corrected chi connectivity index (χ3v) is 14.9. The number of carbonyl (C=O) groups excluding carboxylic acids is 1. The molecular formula is C14H17I2N4O2-. The molecule has 0 radical (unpaired) electrons. The molecule has 0 aromatic heterocycles. The van der Waals surface area contributed by atoms with Gasteiger partial charge in [0, 0.05) is 0 Å². The molecule has 6 unspecified atom stereocenters. The minimum atomic E-state index is -1.19. The Balaban J connectivity index is 1.48. The molecule has 2 N–H and O–H groups in total. The Kier molecular flexibility index (Phi) is 3.43. The van der Waals surface area contributed by atoms with Gasteiger partial charge in [-0.15, -0.1) is 0 Å². The number of hydrogen-bond acceptors (Lipinski definition) is 6. The van der Waals surface area contributed by atoms with Crippen molar-refractivity contribution in [2.75, 3.05) is 4.93 Å². The van der Waals surface area contributed by atoms with E-state index >= 15 is 0 Å². The van der Waals surface area contributed by atoms with Gasteiger partial charge in [-0.2, -0.15) is 0 Å². The van der Waals surface area contributed by atoms with Gasteiger partial charge >= 0.3 is 148 Å². The summed E-state index contributed by atoms with van der Waals surface area (Å²) in [5.41, 5.74) is 0. The normalized spacial score (nSPS) is 43.6. The molecule has 0 aromatic carbocycles. The average molecular weight is 527 g/mol. The fraction of sp³-hybridized carbons (Fsp3) is 0.786. The third kappa shape index (κ3) is 1.84. The average Bonchev–Trinajstić information content (AvgIpc) is 3.30. The van der Waals surface area contributed by atoms with Gasteiger partial charge in [-0.25, -0.2) is 0 Å². The number of carbonyl (C=O) groups is 1. The van der Waals surface area contributed by atoms with Crippen LogP contribution >= 0.6 is 20.4 Å². The van der Waals surface area contributed by atoms with Gasteiger partial charge in [-0.1, -0.05) is 0 Å². The van der Waals surface area contributed by atoms with Gasteiger partial charge in [-0.05, 0) is 0 Å². The van der Waals surface area contributed by atoms with Crippen LogP contribution in [0, 0.1) is 46.3 Å². The van der Waals surface area contributed by atoms with E-state index in [1.807, 2.05) is 6.92 Å². The van der Waals surface area contributed by atoms with E-state index in [1.165, 1.54) is 0 Å². The van der Waals surface area contributed by atoms with E-state index in [0.717, 1.165) is 12.8 Å². The van der Waals surface area contributed by atoms with Crippen LogP contribution in [-0.2, 0) is 9.53 Å². The van der Waals surface area contributed by atoms with E-state index in [1.54, 1.807) is 0 Å². The fourth-order valence-electron chi connectivity index (χ4n) is 3.97. The van der Waals surface area contributed by atoms with Crippen LogP contribution in [-0.4, -0.2) is 24.1 Å². The molecule has 2 heterocycles. The van der Waals surface area contributed by atoms with Crippen LogP contribution in [0.3, 0.4) is 0 Å². The fourth-order valence-corrected chi connectivity index (χ4v) is 14.3. The second-order valence-corrected chi connectivity index (χ2v) is 14.0. The SMILES string of the molecule is C[I-]C(C)(C(=O)OC1CC2CC1C(C#N)C2C#N)C12NI1N2. The molecular weight excluding hydrogens is 510 g/mol. The second-order valence-electron chi connectivity index (χ2n) is 6.47. The molecule has 8 heteroatoms. The van der Waals surface area contributed by atoms with Crippen molar-refractivity contribution in [3.8, 4) is 12.1 Å². The van der Waals surface area contributed by atoms with Crippen LogP contribution in [0.4, 0.5) is 0 Å². The van der Waals surface area contributed by atoms with Crippen molar-refractivity contribution in [2.45, 2.75) is 33.0 Å². The zero-order chi connectivity index (χ0) is 15.7. The van der Waals surface area contributed by atoms with Crippen molar-refractivity contribution in [3.63, 3.8) is 0 Å². The molecule has 0 amide bonds. The summed E-state index contributed by atoms with van der Waals surface area (Å²) in [6.45, 7) is 2.03. The van der Waals surface area contributed by atoms with Crippen LogP contribution in [0.25, 0.3) is 0 Å². The molecule has 120 valence electrons. The zero-order valence-electron chi connectivity index (χ0n) is 12.3. The molecule has 6 nitrogen and oxygen atoms in total. The van der Waals surface area contributed by atoms with E-state index in [0.29, 0.717) is 0 Å². The second kappa shape index (κ2) is 4.91. The predicted molar refractivity (Wildman–Crippen MR) is 81.7 cm³/mol. The van der Waals surface area contributed by atoms with Crippen molar-refractivity contribution in [1.29, 1.82) is 10.5 Å². The molecule has 4 aliphatic rings. The van der Waals surface area contributed by atoms with E-state index in [2.05, 4.69) is 24.1 Å². The Hall–Kier alpha value is -0.170. The molecule has 2 saturated carbocycles. The molecule has 0 spiro atoms. The molecule has 2 aliphatic heterocycles. The standard InChI is InChI=1S/C14H17I2N4O2/c1-13(15-2,14-16(19-14)20-14)12(21)22-11-4-7-3-8(11)10(6-18)9(7)5-17/h7-11,19-20H,3-4H2,1-2H3/q-1. The van der Waals surface area contributed by atoms with Gasteiger partial charge in [-0.3, -0.25) is 0 Å². The molecule has 2 bridgehead atoms. The first-order valence-corrected chi connectivity index (χ1v) is 13.7. The van der Waals surface area contributed by atoms with E-state index in [9.17, 15) is 15.3 Å². The predicted octanol–water partition coefficient (Wildman–Crippen LogP) is -2.11. The van der Waals surface area contributed by atoms with Crippen LogP contribution in [0.5, 0.6) is 0 Å². The Labute approximate surface area is 147 Å². The molecule has 22 heavy (non-hydrogen) atoms. The minimum absolute atomic E-state index is 0.0503. The molecule has 2 saturated heterocycles. The van der Waals surface area contributed by atoms with Crippen molar-refractivity contribution >= 4 is 26.3 Å². The number of rotatable bonds is 4. The summed E-state index contributed by atoms with van der Waals surface area (Å²) in [6, 6.07) is 4.56. The summed E-state index contributed by atoms with van der Waals surface area (Å²) in [7, 11) is 0. The quantitative estimate of drug-likeness (QED) is 0.108. The number of halogens is 2. The summed E-state index contributed by atoms with van der Waals surface area (Å²) in [5, 5.41) is 18.6. The number of ether oxygens (including phenoxy) is 1. The number of esters is 1. The van der Waals surface area contributed by atoms with Crippen LogP contribution in [0.1, 0.15) is 19.8 Å². The van der Waals surface area contributed by atoms with Crippen molar-refractivity contribution < 1.29 is 30.7 Å². The number of fused-ring (bicyclic) bond motifs is 3. The number of hydrogen-bond donors (Lipinski definition) is 2. The summed E-state index contributed by atoms with van der Waals surface area (Å²) in [4.78, 5) is 14.9. The van der Waals surface area contributed by atoms with E-state index in [4.69, 9.17) is 4.74 Å². The summed E-state index contributed by atoms with van der Waals surface area (Å²) < 4.78 is 12.3. The van der Waals surface area contributed by atoms with Gasteiger partial charge in [0.15, 0.2) is 0 Å². The van der Waals surface area contributed by atoms with Gasteiger partial charge in [0.05, 0.1) is 0 Å². The number of nitrogens with one attached hydrogen (secondary N) is 2. The zero-order valence-corrected chi connectivity index (χ0v) is 16.6. The number of nitrogens with zero attached hydrogens (tertiary/aromatic N) is 2. The summed E-state index contributed by atoms with van der Waals surface area (Å²) >= 11 is -1.49. The van der Waals surface area contributed by atoms with Crippen molar-refractivity contribution in [1.82, 2.24) is 7.06 Å². The topological polar surface area (TPSA) is 118 Å². The first-order valence-electron chi connectivity index (χ1n) is 7.27. The number of nitriles is 2. The maximum atomic E-state index is 12.8. The molecule has 0 aromatic rings. The van der Waals surface area contributed by atoms with Crippen molar-refractivity contribution in [2.24, 2.45) is 23.7 Å². The van der Waals surface area contributed by atoms with Gasteiger partial charge in [0.1, 0.15) is 0 Å². The van der Waals surface area contributed by atoms with Crippen LogP contribution in [0.2, 0.25) is 0 Å². The summed E-state index contributed by atoms with van der Waals surface area (Å²) in [6.07, 6.45) is 1.44. The Morgan fingerprint density at radius 2 is 2.00 bits per heavy atom. The van der Waals surface area contributed by atoms with Crippen molar-refractivity contribution in [3.05, 3.63) is 0 Å². The van der Waals surface area contributed by atoms with Gasteiger partial charge in [0.25, 0.3) is 0 Å². The van der Waals surface area contributed by atoms with Gasteiger partial charge < -0.3 is 0 Å². The maximum absolute atomic E-state index is 12.8. The van der Waals surface area contributed by atoms with E-state index in [-0.39, 0.29) is 60.6 Å². The van der Waals surface area contributed by atoms with Crippen LogP contribution < -0.4 is 28.3 Å². The van der Waals surface area contributed by atoms with E-state index < -0.39 is 23.8 Å². The van der Waals surface area contributed by atoms with Crippen LogP contribution in [0.15, 0.2) is 0 Å². The third-order valence-electron chi connectivity index (χ3n) is 5.57. The monoisotopic (exact) mass is 527 g/mol. The Morgan fingerprint density at radius 1 is 1.36 bits per heavy atom. The molecule has 2 aliphatic carbocycles. The molecule has 4 rings (SSSR count). The first-order chi connectivity index (χ1) is 10.5. The first kappa shape index (κ1) is 15.4. The Morgan fingerprint density at radius 3 is 2.50 bits per heavy atom. The molecule has 4 fully saturated rings. The summed E-state index contributed by atoms with van der Waals surface area (Å²) in [5.74, 6) is -0.276. The molecule has 6 atom stereocenters.